The van der Waals surface area contributed by atoms with Crippen LogP contribution in [0.2, 0.25) is 0 Å². The molecular formula is C22H18F2N4O. The van der Waals surface area contributed by atoms with Crippen molar-refractivity contribution in [2.75, 3.05) is 22.5 Å². The second-order valence-electron chi connectivity index (χ2n) is 6.55. The monoisotopic (exact) mass is 392 g/mol. The Kier molecular flexibility index (Phi) is 5.20. The van der Waals surface area contributed by atoms with Crippen molar-refractivity contribution in [2.45, 2.75) is 6.42 Å². The van der Waals surface area contributed by atoms with E-state index in [4.69, 9.17) is 0 Å². The van der Waals surface area contributed by atoms with Crippen LogP contribution in [0.25, 0.3) is 5.57 Å². The number of carbonyl (C=O) groups excluding carboxylic acids is 1. The van der Waals surface area contributed by atoms with E-state index in [0.717, 1.165) is 12.0 Å². The highest BCUT2D eigenvalue weighted by Crippen LogP contribution is 2.33. The number of pyridine rings is 1. The van der Waals surface area contributed by atoms with Crippen molar-refractivity contribution in [3.05, 3.63) is 89.9 Å². The summed E-state index contributed by atoms with van der Waals surface area (Å²) in [5, 5.41) is 8.54. The van der Waals surface area contributed by atoms with Crippen LogP contribution in [0.4, 0.5) is 25.8 Å². The number of anilines is 3. The third-order valence-electron chi connectivity index (χ3n) is 4.61. The Morgan fingerprint density at radius 2 is 1.86 bits per heavy atom. The Labute approximate surface area is 166 Å². The lowest BCUT2D eigenvalue weighted by Gasteiger charge is -2.10. The van der Waals surface area contributed by atoms with Gasteiger partial charge in [-0.05, 0) is 54.4 Å². The fraction of sp³-hybridized carbons (Fsp3) is 0.0909. The second kappa shape index (κ2) is 8.10. The van der Waals surface area contributed by atoms with Gasteiger partial charge in [-0.3, -0.25) is 9.78 Å². The SMILES string of the molecule is O=C1Nc2cccc(F)c2/C1=C\Nc1ccc(NCCc2ccncc2)c(F)c1. The molecule has 1 aliphatic rings. The van der Waals surface area contributed by atoms with Crippen molar-refractivity contribution in [3.8, 4) is 0 Å². The molecule has 3 N–H and O–H groups in total. The van der Waals surface area contributed by atoms with Gasteiger partial charge in [-0.1, -0.05) is 6.07 Å². The highest BCUT2D eigenvalue weighted by atomic mass is 19.1. The number of nitrogens with one attached hydrogen (secondary N) is 3. The van der Waals surface area contributed by atoms with Crippen LogP contribution in [0.1, 0.15) is 11.1 Å². The topological polar surface area (TPSA) is 66.1 Å². The minimum Gasteiger partial charge on any atom is -0.382 e. The molecule has 2 heterocycles. The van der Waals surface area contributed by atoms with Crippen molar-refractivity contribution < 1.29 is 13.6 Å². The maximum Gasteiger partial charge on any atom is 0.257 e. The van der Waals surface area contributed by atoms with Gasteiger partial charge < -0.3 is 16.0 Å². The molecule has 1 aromatic heterocycles. The van der Waals surface area contributed by atoms with E-state index in [1.54, 1.807) is 30.6 Å². The number of hydrogen-bond acceptors (Lipinski definition) is 4. The molecule has 2 aromatic carbocycles. The van der Waals surface area contributed by atoms with Crippen molar-refractivity contribution in [2.24, 2.45) is 0 Å². The first-order chi connectivity index (χ1) is 14.1. The molecule has 0 saturated heterocycles. The van der Waals surface area contributed by atoms with Crippen molar-refractivity contribution >= 4 is 28.5 Å². The smallest absolute Gasteiger partial charge is 0.257 e. The number of amides is 1. The Morgan fingerprint density at radius 1 is 1.03 bits per heavy atom. The Bertz CT molecular complexity index is 1080. The van der Waals surface area contributed by atoms with Gasteiger partial charge in [-0.15, -0.1) is 0 Å². The van der Waals surface area contributed by atoms with Gasteiger partial charge in [0.1, 0.15) is 11.6 Å². The van der Waals surface area contributed by atoms with Crippen LogP contribution in [0, 0.1) is 11.6 Å². The molecule has 29 heavy (non-hydrogen) atoms. The molecule has 1 amide bonds. The minimum absolute atomic E-state index is 0.165. The molecule has 0 saturated carbocycles. The van der Waals surface area contributed by atoms with Gasteiger partial charge >= 0.3 is 0 Å². The van der Waals surface area contributed by atoms with E-state index in [9.17, 15) is 13.6 Å². The Balaban J connectivity index is 1.43. The van der Waals surface area contributed by atoms with Crippen LogP contribution in [-0.4, -0.2) is 17.4 Å². The predicted octanol–water partition coefficient (Wildman–Crippen LogP) is 4.42. The second-order valence-corrected chi connectivity index (χ2v) is 6.55. The van der Waals surface area contributed by atoms with E-state index in [1.165, 1.54) is 24.4 Å². The number of nitrogens with zero attached hydrogens (tertiary/aromatic N) is 1. The summed E-state index contributed by atoms with van der Waals surface area (Å²) in [7, 11) is 0. The van der Waals surface area contributed by atoms with Crippen LogP contribution in [0.15, 0.2) is 67.1 Å². The molecule has 0 bridgehead atoms. The summed E-state index contributed by atoms with van der Waals surface area (Å²) in [6, 6.07) is 12.9. The highest BCUT2D eigenvalue weighted by Gasteiger charge is 2.27. The molecule has 3 aromatic rings. The number of halogens is 2. The lowest BCUT2D eigenvalue weighted by Crippen LogP contribution is -2.07. The quantitative estimate of drug-likeness (QED) is 0.544. The van der Waals surface area contributed by atoms with Crippen molar-refractivity contribution in [1.29, 1.82) is 0 Å². The number of carbonyl (C=O) groups is 1. The molecule has 0 spiro atoms. The first-order valence-electron chi connectivity index (χ1n) is 9.11. The van der Waals surface area contributed by atoms with Gasteiger partial charge in [-0.2, -0.15) is 0 Å². The van der Waals surface area contributed by atoms with E-state index in [2.05, 4.69) is 20.9 Å². The van der Waals surface area contributed by atoms with E-state index in [1.807, 2.05) is 12.1 Å². The normalized spacial score (nSPS) is 13.9. The summed E-state index contributed by atoms with van der Waals surface area (Å²) >= 11 is 0. The van der Waals surface area contributed by atoms with Crippen LogP contribution in [0.3, 0.4) is 0 Å². The van der Waals surface area contributed by atoms with Gasteiger partial charge in [0.05, 0.1) is 16.9 Å². The van der Waals surface area contributed by atoms with E-state index < -0.39 is 17.5 Å². The van der Waals surface area contributed by atoms with Gasteiger partial charge in [0.2, 0.25) is 0 Å². The van der Waals surface area contributed by atoms with E-state index in [0.29, 0.717) is 23.6 Å². The lowest BCUT2D eigenvalue weighted by molar-refractivity contribution is -0.110. The maximum absolute atomic E-state index is 14.4. The molecular weight excluding hydrogens is 374 g/mol. The van der Waals surface area contributed by atoms with Crippen LogP contribution in [-0.2, 0) is 11.2 Å². The highest BCUT2D eigenvalue weighted by molar-refractivity contribution is 6.31. The van der Waals surface area contributed by atoms with Crippen molar-refractivity contribution in [1.82, 2.24) is 4.98 Å². The zero-order valence-electron chi connectivity index (χ0n) is 15.4. The molecule has 4 rings (SSSR count). The van der Waals surface area contributed by atoms with Gasteiger partial charge in [0.15, 0.2) is 0 Å². The summed E-state index contributed by atoms with van der Waals surface area (Å²) in [5.41, 5.74) is 2.74. The standard InChI is InChI=1S/C22H18F2N4O/c23-17-2-1-3-20-21(17)16(22(29)28-20)13-27-15-4-5-19(18(24)12-15)26-11-8-14-6-9-25-10-7-14/h1-7,9-10,12-13,26-27H,8,11H2,(H,28,29)/b16-13+. The molecule has 0 radical (unpaired) electrons. The number of rotatable bonds is 6. The zero-order valence-corrected chi connectivity index (χ0v) is 15.4. The number of hydrogen-bond donors (Lipinski definition) is 3. The predicted molar refractivity (Wildman–Crippen MR) is 109 cm³/mol. The fourth-order valence-corrected chi connectivity index (χ4v) is 3.14. The lowest BCUT2D eigenvalue weighted by atomic mass is 10.1. The molecule has 0 unspecified atom stereocenters. The van der Waals surface area contributed by atoms with Crippen LogP contribution >= 0.6 is 0 Å². The third kappa shape index (κ3) is 4.08. The summed E-state index contributed by atoms with van der Waals surface area (Å²) in [6.45, 7) is 0.577. The first-order valence-corrected chi connectivity index (χ1v) is 9.11. The molecule has 0 atom stereocenters. The molecule has 5 nitrogen and oxygen atoms in total. The van der Waals surface area contributed by atoms with Gasteiger partial charge in [0.25, 0.3) is 5.91 Å². The number of aromatic nitrogens is 1. The first kappa shape index (κ1) is 18.6. The molecule has 0 aliphatic carbocycles. The molecule has 146 valence electrons. The van der Waals surface area contributed by atoms with E-state index in [-0.39, 0.29) is 11.1 Å². The van der Waals surface area contributed by atoms with Crippen LogP contribution in [0.5, 0.6) is 0 Å². The van der Waals surface area contributed by atoms with Crippen molar-refractivity contribution in [3.63, 3.8) is 0 Å². The summed E-state index contributed by atoms with van der Waals surface area (Å²) in [5.74, 6) is -1.33. The van der Waals surface area contributed by atoms with Gasteiger partial charge in [-0.25, -0.2) is 8.78 Å². The average Bonchev–Trinajstić information content (AvgIpc) is 3.05. The summed E-state index contributed by atoms with van der Waals surface area (Å²) < 4.78 is 28.4. The Morgan fingerprint density at radius 3 is 2.66 bits per heavy atom. The third-order valence-corrected chi connectivity index (χ3v) is 4.61. The van der Waals surface area contributed by atoms with E-state index >= 15 is 0 Å². The molecule has 7 heteroatoms. The van der Waals surface area contributed by atoms with Crippen LogP contribution < -0.4 is 16.0 Å². The van der Waals surface area contributed by atoms with Gasteiger partial charge in [0, 0.05) is 36.4 Å². The zero-order chi connectivity index (χ0) is 20.2. The molecule has 1 aliphatic heterocycles. The fourth-order valence-electron chi connectivity index (χ4n) is 3.14. The average molecular weight is 392 g/mol. The summed E-state index contributed by atoms with van der Waals surface area (Å²) in [4.78, 5) is 16.1. The summed E-state index contributed by atoms with van der Waals surface area (Å²) in [6.07, 6.45) is 5.57. The maximum atomic E-state index is 14.4. The number of benzene rings is 2. The largest absolute Gasteiger partial charge is 0.382 e. The Hall–Kier alpha value is -3.74. The number of fused-ring (bicyclic) bond motifs is 1. The molecule has 0 fully saturated rings. The minimum atomic E-state index is -0.492.